The highest BCUT2D eigenvalue weighted by Crippen LogP contribution is 2.25. The van der Waals surface area contributed by atoms with E-state index in [0.717, 1.165) is 31.0 Å². The zero-order valence-corrected chi connectivity index (χ0v) is 10.6. The zero-order valence-electron chi connectivity index (χ0n) is 9.87. The monoisotopic (exact) mass is 239 g/mol. The topological polar surface area (TPSA) is 12.5 Å². The predicted molar refractivity (Wildman–Crippen MR) is 68.4 cm³/mol. The Balaban J connectivity index is 2.08. The molecule has 0 aromatic heterocycles. The molecule has 0 bridgehead atoms. The van der Waals surface area contributed by atoms with E-state index in [4.69, 9.17) is 16.3 Å². The van der Waals surface area contributed by atoms with Gasteiger partial charge in [0, 0.05) is 30.9 Å². The van der Waals surface area contributed by atoms with Crippen molar-refractivity contribution in [2.24, 2.45) is 0 Å². The maximum Gasteiger partial charge on any atom is 0.0605 e. The number of hydrogen-bond acceptors (Lipinski definition) is 2. The molecular weight excluding hydrogens is 222 g/mol. The Labute approximate surface area is 102 Å². The average Bonchev–Trinajstić information content (AvgIpc) is 2.28. The van der Waals surface area contributed by atoms with Crippen molar-refractivity contribution in [2.75, 3.05) is 25.1 Å². The number of piperidine rings is 1. The smallest absolute Gasteiger partial charge is 0.0605 e. The largest absolute Gasteiger partial charge is 0.381 e. The van der Waals surface area contributed by atoms with Crippen LogP contribution in [0, 0.1) is 6.92 Å². The lowest BCUT2D eigenvalue weighted by atomic mass is 10.1. The number of methoxy groups -OCH3 is 1. The molecule has 1 saturated heterocycles. The third-order valence-electron chi connectivity index (χ3n) is 3.17. The molecule has 0 N–H and O–H groups in total. The van der Waals surface area contributed by atoms with Gasteiger partial charge in [0.05, 0.1) is 6.10 Å². The molecule has 1 aliphatic heterocycles. The van der Waals surface area contributed by atoms with E-state index in [2.05, 4.69) is 17.9 Å². The van der Waals surface area contributed by atoms with Gasteiger partial charge in [0.2, 0.25) is 0 Å². The van der Waals surface area contributed by atoms with Crippen molar-refractivity contribution in [2.45, 2.75) is 25.9 Å². The molecule has 0 atom stereocenters. The molecule has 0 spiro atoms. The van der Waals surface area contributed by atoms with E-state index in [9.17, 15) is 0 Å². The van der Waals surface area contributed by atoms with Crippen molar-refractivity contribution in [3.05, 3.63) is 28.8 Å². The van der Waals surface area contributed by atoms with E-state index in [1.807, 2.05) is 12.1 Å². The summed E-state index contributed by atoms with van der Waals surface area (Å²) < 4.78 is 5.37. The van der Waals surface area contributed by atoms with Crippen molar-refractivity contribution in [3.63, 3.8) is 0 Å². The Morgan fingerprint density at radius 2 is 1.94 bits per heavy atom. The van der Waals surface area contributed by atoms with Gasteiger partial charge in [-0.1, -0.05) is 11.6 Å². The number of ether oxygens (including phenoxy) is 1. The van der Waals surface area contributed by atoms with E-state index >= 15 is 0 Å². The van der Waals surface area contributed by atoms with E-state index in [1.165, 1.54) is 11.3 Å². The van der Waals surface area contributed by atoms with Crippen LogP contribution in [0.1, 0.15) is 18.4 Å². The summed E-state index contributed by atoms with van der Waals surface area (Å²) in [4.78, 5) is 2.38. The second-order valence-electron chi connectivity index (χ2n) is 4.41. The summed E-state index contributed by atoms with van der Waals surface area (Å²) in [6.07, 6.45) is 2.63. The van der Waals surface area contributed by atoms with Gasteiger partial charge in [-0.2, -0.15) is 0 Å². The Kier molecular flexibility index (Phi) is 3.72. The van der Waals surface area contributed by atoms with Crippen LogP contribution in [-0.2, 0) is 4.74 Å². The number of anilines is 1. The fraction of sp³-hybridized carbons (Fsp3) is 0.538. The van der Waals surface area contributed by atoms with Crippen LogP contribution in [-0.4, -0.2) is 26.3 Å². The molecule has 88 valence electrons. The highest BCUT2D eigenvalue weighted by atomic mass is 35.5. The molecule has 0 radical (unpaired) electrons. The third-order valence-corrected chi connectivity index (χ3v) is 3.39. The van der Waals surface area contributed by atoms with Crippen LogP contribution in [0.15, 0.2) is 18.2 Å². The number of benzene rings is 1. The van der Waals surface area contributed by atoms with Crippen molar-refractivity contribution < 1.29 is 4.74 Å². The van der Waals surface area contributed by atoms with Crippen molar-refractivity contribution in [1.82, 2.24) is 0 Å². The molecule has 0 aliphatic carbocycles. The quantitative estimate of drug-likeness (QED) is 0.786. The van der Waals surface area contributed by atoms with E-state index in [-0.39, 0.29) is 0 Å². The molecule has 1 aromatic carbocycles. The average molecular weight is 240 g/mol. The number of halogens is 1. The Hall–Kier alpha value is -0.730. The molecule has 16 heavy (non-hydrogen) atoms. The first kappa shape index (κ1) is 11.7. The van der Waals surface area contributed by atoms with Gasteiger partial charge in [0.1, 0.15) is 0 Å². The van der Waals surface area contributed by atoms with Gasteiger partial charge in [0.15, 0.2) is 0 Å². The summed E-state index contributed by atoms with van der Waals surface area (Å²) in [7, 11) is 1.80. The highest BCUT2D eigenvalue weighted by Gasteiger charge is 2.19. The van der Waals surface area contributed by atoms with Crippen LogP contribution in [0.2, 0.25) is 5.02 Å². The van der Waals surface area contributed by atoms with Crippen LogP contribution >= 0.6 is 11.6 Å². The minimum Gasteiger partial charge on any atom is -0.381 e. The first-order valence-corrected chi connectivity index (χ1v) is 6.12. The van der Waals surface area contributed by atoms with Crippen molar-refractivity contribution in [1.29, 1.82) is 0 Å². The number of aryl methyl sites for hydroxylation is 1. The minimum absolute atomic E-state index is 0.427. The molecule has 1 aliphatic rings. The second kappa shape index (κ2) is 5.07. The van der Waals surface area contributed by atoms with Gasteiger partial charge in [-0.25, -0.2) is 0 Å². The third kappa shape index (κ3) is 2.69. The lowest BCUT2D eigenvalue weighted by Crippen LogP contribution is -2.36. The minimum atomic E-state index is 0.427. The van der Waals surface area contributed by atoms with Crippen LogP contribution in [0.3, 0.4) is 0 Å². The van der Waals surface area contributed by atoms with Crippen LogP contribution in [0.4, 0.5) is 5.69 Å². The lowest BCUT2D eigenvalue weighted by molar-refractivity contribution is 0.0819. The van der Waals surface area contributed by atoms with Gasteiger partial charge in [0.25, 0.3) is 0 Å². The number of rotatable bonds is 2. The van der Waals surface area contributed by atoms with Gasteiger partial charge in [-0.15, -0.1) is 0 Å². The molecule has 0 saturated carbocycles. The Morgan fingerprint density at radius 3 is 2.50 bits per heavy atom. The van der Waals surface area contributed by atoms with Gasteiger partial charge >= 0.3 is 0 Å². The molecule has 0 unspecified atom stereocenters. The molecule has 0 amide bonds. The SMILES string of the molecule is COC1CCN(c2cc(C)cc(Cl)c2)CC1. The fourth-order valence-corrected chi connectivity index (χ4v) is 2.53. The Bertz CT molecular complexity index is 339. The summed E-state index contributed by atoms with van der Waals surface area (Å²) in [5.74, 6) is 0. The zero-order chi connectivity index (χ0) is 11.5. The highest BCUT2D eigenvalue weighted by molar-refractivity contribution is 6.30. The van der Waals surface area contributed by atoms with Crippen LogP contribution in [0.5, 0.6) is 0 Å². The molecule has 2 nitrogen and oxygen atoms in total. The normalized spacial score (nSPS) is 17.8. The van der Waals surface area contributed by atoms with Crippen LogP contribution < -0.4 is 4.90 Å². The second-order valence-corrected chi connectivity index (χ2v) is 4.85. The van der Waals surface area contributed by atoms with E-state index in [0.29, 0.717) is 6.10 Å². The standard InChI is InChI=1S/C13H18ClNO/c1-10-7-11(14)9-12(8-10)15-5-3-13(16-2)4-6-15/h7-9,13H,3-6H2,1-2H3. The maximum atomic E-state index is 6.07. The summed E-state index contributed by atoms with van der Waals surface area (Å²) in [5.41, 5.74) is 2.45. The van der Waals surface area contributed by atoms with Gasteiger partial charge in [-0.3, -0.25) is 0 Å². The summed E-state index contributed by atoms with van der Waals surface area (Å²) in [6.45, 7) is 4.19. The summed E-state index contributed by atoms with van der Waals surface area (Å²) in [5, 5.41) is 0.823. The van der Waals surface area contributed by atoms with E-state index in [1.54, 1.807) is 7.11 Å². The molecule has 2 rings (SSSR count). The van der Waals surface area contributed by atoms with E-state index < -0.39 is 0 Å². The lowest BCUT2D eigenvalue weighted by Gasteiger charge is -2.33. The Morgan fingerprint density at radius 1 is 1.25 bits per heavy atom. The van der Waals surface area contributed by atoms with Gasteiger partial charge < -0.3 is 9.64 Å². The molecular formula is C13H18ClNO. The molecule has 1 heterocycles. The molecule has 1 fully saturated rings. The predicted octanol–water partition coefficient (Wildman–Crippen LogP) is 3.26. The first-order valence-electron chi connectivity index (χ1n) is 5.74. The number of nitrogens with zero attached hydrogens (tertiary/aromatic N) is 1. The maximum absolute atomic E-state index is 6.07. The fourth-order valence-electron chi connectivity index (χ4n) is 2.25. The van der Waals surface area contributed by atoms with Crippen molar-refractivity contribution in [3.8, 4) is 0 Å². The molecule has 1 aromatic rings. The molecule has 3 heteroatoms. The summed E-state index contributed by atoms with van der Waals surface area (Å²) in [6, 6.07) is 6.23. The van der Waals surface area contributed by atoms with Gasteiger partial charge in [-0.05, 0) is 43.5 Å². The summed E-state index contributed by atoms with van der Waals surface area (Å²) >= 11 is 6.07. The number of hydrogen-bond donors (Lipinski definition) is 0. The van der Waals surface area contributed by atoms with Crippen molar-refractivity contribution >= 4 is 17.3 Å². The first-order chi connectivity index (χ1) is 7.69. The van der Waals surface area contributed by atoms with Crippen LogP contribution in [0.25, 0.3) is 0 Å².